The van der Waals surface area contributed by atoms with Crippen LogP contribution in [-0.2, 0) is 19.6 Å². The first-order valence-electron chi connectivity index (χ1n) is 10.7. The van der Waals surface area contributed by atoms with Crippen molar-refractivity contribution in [2.75, 3.05) is 26.4 Å². The Morgan fingerprint density at radius 1 is 1.23 bits per heavy atom. The lowest BCUT2D eigenvalue weighted by Crippen LogP contribution is -2.59. The second kappa shape index (κ2) is 10.6. The highest BCUT2D eigenvalue weighted by Gasteiger charge is 2.39. The lowest BCUT2D eigenvalue weighted by atomic mass is 9.86. The molecule has 0 bridgehead atoms. The molecule has 31 heavy (non-hydrogen) atoms. The number of carbonyl (C=O) groups excluding carboxylic acids is 3. The number of primary amides is 1. The molecule has 4 N–H and O–H groups in total. The molecule has 1 saturated heterocycles. The summed E-state index contributed by atoms with van der Waals surface area (Å²) in [7, 11) is -1.96. The first-order chi connectivity index (χ1) is 14.1. The van der Waals surface area contributed by atoms with Gasteiger partial charge in [0.2, 0.25) is 21.8 Å². The van der Waals surface area contributed by atoms with E-state index in [0.717, 1.165) is 6.26 Å². The zero-order valence-electron chi connectivity index (χ0n) is 19.8. The molecule has 11 heteroatoms. The summed E-state index contributed by atoms with van der Waals surface area (Å²) in [6, 6.07) is -2.53. The average Bonchev–Trinajstić information content (AvgIpc) is 3.12. The van der Waals surface area contributed by atoms with Crippen molar-refractivity contribution in [2.24, 2.45) is 17.1 Å². The second-order valence-electron chi connectivity index (χ2n) is 9.54. The summed E-state index contributed by atoms with van der Waals surface area (Å²) in [6.45, 7) is 9.98. The molecule has 0 unspecified atom stereocenters. The SMILES string of the molecule is CC[C@H](C)[C@H](NC(=O)N[C@H](CN(C)S(C)(=O)=O)C(C)(C)C)C(=O)N1CCC[C@H]1C(N)=O. The molecule has 0 aromatic heterocycles. The first-order valence-corrected chi connectivity index (χ1v) is 12.5. The van der Waals surface area contributed by atoms with Crippen LogP contribution in [0, 0.1) is 11.3 Å². The van der Waals surface area contributed by atoms with E-state index < -0.39 is 45.5 Å². The summed E-state index contributed by atoms with van der Waals surface area (Å²) in [5, 5.41) is 5.59. The molecule has 0 radical (unpaired) electrons. The van der Waals surface area contributed by atoms with Crippen molar-refractivity contribution in [1.82, 2.24) is 19.8 Å². The van der Waals surface area contributed by atoms with Crippen molar-refractivity contribution >= 4 is 27.9 Å². The predicted molar refractivity (Wildman–Crippen MR) is 120 cm³/mol. The molecule has 1 rings (SSSR count). The van der Waals surface area contributed by atoms with Crippen LogP contribution in [0.4, 0.5) is 4.79 Å². The fraction of sp³-hybridized carbons (Fsp3) is 0.850. The van der Waals surface area contributed by atoms with E-state index in [2.05, 4.69) is 10.6 Å². The number of amides is 4. The van der Waals surface area contributed by atoms with Gasteiger partial charge >= 0.3 is 6.03 Å². The van der Waals surface area contributed by atoms with Gasteiger partial charge < -0.3 is 21.3 Å². The maximum Gasteiger partial charge on any atom is 0.315 e. The molecule has 10 nitrogen and oxygen atoms in total. The molecular weight excluding hydrogens is 422 g/mol. The molecular formula is C20H39N5O5S. The van der Waals surface area contributed by atoms with Gasteiger partial charge in [0.25, 0.3) is 0 Å². The molecule has 4 atom stereocenters. The number of sulfonamides is 1. The number of rotatable bonds is 9. The van der Waals surface area contributed by atoms with Crippen LogP contribution in [0.2, 0.25) is 0 Å². The highest BCUT2D eigenvalue weighted by molar-refractivity contribution is 7.88. The predicted octanol–water partition coefficient (Wildman–Crippen LogP) is 0.483. The Hall–Kier alpha value is -1.88. The maximum absolute atomic E-state index is 13.2. The number of hydrogen-bond acceptors (Lipinski definition) is 5. The molecule has 1 heterocycles. The third-order valence-corrected chi connectivity index (χ3v) is 7.27. The van der Waals surface area contributed by atoms with E-state index in [0.29, 0.717) is 25.8 Å². The van der Waals surface area contributed by atoms with Gasteiger partial charge in [-0.1, -0.05) is 41.0 Å². The molecule has 0 saturated carbocycles. The van der Waals surface area contributed by atoms with Crippen molar-refractivity contribution < 1.29 is 22.8 Å². The molecule has 180 valence electrons. The summed E-state index contributed by atoms with van der Waals surface area (Å²) >= 11 is 0. The van der Waals surface area contributed by atoms with Crippen molar-refractivity contribution in [1.29, 1.82) is 0 Å². The molecule has 0 aliphatic carbocycles. The van der Waals surface area contributed by atoms with E-state index in [-0.39, 0.29) is 18.4 Å². The summed E-state index contributed by atoms with van der Waals surface area (Å²) in [4.78, 5) is 39.2. The van der Waals surface area contributed by atoms with Crippen LogP contribution >= 0.6 is 0 Å². The number of urea groups is 1. The normalized spacial score (nSPS) is 20.3. The minimum atomic E-state index is -3.42. The lowest BCUT2D eigenvalue weighted by molar-refractivity contribution is -0.139. The molecule has 4 amide bonds. The van der Waals surface area contributed by atoms with E-state index >= 15 is 0 Å². The van der Waals surface area contributed by atoms with Gasteiger partial charge in [-0.05, 0) is 24.2 Å². The fourth-order valence-corrected chi connectivity index (χ4v) is 3.88. The standard InChI is InChI=1S/C20H39N5O5S/c1-8-13(2)16(18(27)25-11-9-10-14(25)17(21)26)23-19(28)22-15(20(3,4)5)12-24(6)31(7,29)30/h13-16H,8-12H2,1-7H3,(H2,21,26)(H2,22,23,28)/t13-,14-,15+,16-/m0/s1. The van der Waals surface area contributed by atoms with Gasteiger partial charge in [0.05, 0.1) is 6.26 Å². The van der Waals surface area contributed by atoms with Crippen LogP contribution in [0.5, 0.6) is 0 Å². The van der Waals surface area contributed by atoms with Gasteiger partial charge in [0, 0.05) is 26.2 Å². The Balaban J connectivity index is 2.99. The van der Waals surface area contributed by atoms with Gasteiger partial charge in [-0.15, -0.1) is 0 Å². The summed E-state index contributed by atoms with van der Waals surface area (Å²) < 4.78 is 24.8. The zero-order chi connectivity index (χ0) is 24.1. The number of likely N-dealkylation sites (tertiary alicyclic amines) is 1. The van der Waals surface area contributed by atoms with Crippen LogP contribution in [-0.4, -0.2) is 80.0 Å². The van der Waals surface area contributed by atoms with Gasteiger partial charge in [-0.2, -0.15) is 0 Å². The van der Waals surface area contributed by atoms with E-state index in [1.165, 1.54) is 16.3 Å². The van der Waals surface area contributed by atoms with Gasteiger partial charge in [-0.25, -0.2) is 17.5 Å². The Bertz CT molecular complexity index is 764. The number of hydrogen-bond donors (Lipinski definition) is 3. The van der Waals surface area contributed by atoms with Crippen LogP contribution < -0.4 is 16.4 Å². The second-order valence-corrected chi connectivity index (χ2v) is 11.6. The molecule has 1 aliphatic rings. The topological polar surface area (TPSA) is 142 Å². The summed E-state index contributed by atoms with van der Waals surface area (Å²) in [6.07, 6.45) is 2.95. The van der Waals surface area contributed by atoms with E-state index in [4.69, 9.17) is 5.73 Å². The number of nitrogens with one attached hydrogen (secondary N) is 2. The van der Waals surface area contributed by atoms with Crippen molar-refractivity contribution in [3.63, 3.8) is 0 Å². The number of carbonyl (C=O) groups is 3. The molecule has 1 aliphatic heterocycles. The maximum atomic E-state index is 13.2. The average molecular weight is 462 g/mol. The smallest absolute Gasteiger partial charge is 0.315 e. The van der Waals surface area contributed by atoms with Crippen molar-refractivity contribution in [2.45, 2.75) is 72.0 Å². The number of nitrogens with two attached hydrogens (primary N) is 1. The summed E-state index contributed by atoms with van der Waals surface area (Å²) in [5.74, 6) is -1.04. The van der Waals surface area contributed by atoms with Crippen LogP contribution in [0.1, 0.15) is 53.9 Å². The van der Waals surface area contributed by atoms with Gasteiger partial charge in [0.1, 0.15) is 12.1 Å². The minimum Gasteiger partial charge on any atom is -0.368 e. The third kappa shape index (κ3) is 7.64. The highest BCUT2D eigenvalue weighted by Crippen LogP contribution is 2.22. The largest absolute Gasteiger partial charge is 0.368 e. The molecule has 0 spiro atoms. The Morgan fingerprint density at radius 2 is 1.81 bits per heavy atom. The monoisotopic (exact) mass is 461 g/mol. The van der Waals surface area contributed by atoms with Crippen LogP contribution in [0.3, 0.4) is 0 Å². The number of nitrogens with zero attached hydrogens (tertiary/aromatic N) is 2. The Kier molecular flexibility index (Phi) is 9.31. The fourth-order valence-electron chi connectivity index (χ4n) is 3.46. The van der Waals surface area contributed by atoms with Crippen molar-refractivity contribution in [3.8, 4) is 0 Å². The van der Waals surface area contributed by atoms with Gasteiger partial charge in [-0.3, -0.25) is 9.59 Å². The van der Waals surface area contributed by atoms with Crippen molar-refractivity contribution in [3.05, 3.63) is 0 Å². The van der Waals surface area contributed by atoms with E-state index in [1.807, 2.05) is 34.6 Å². The Labute approximate surface area is 186 Å². The quantitative estimate of drug-likeness (QED) is 0.458. The zero-order valence-corrected chi connectivity index (χ0v) is 20.6. The summed E-state index contributed by atoms with van der Waals surface area (Å²) in [5.41, 5.74) is 5.01. The van der Waals surface area contributed by atoms with Gasteiger partial charge in [0.15, 0.2) is 0 Å². The van der Waals surface area contributed by atoms with E-state index in [1.54, 1.807) is 0 Å². The third-order valence-electron chi connectivity index (χ3n) is 5.99. The first kappa shape index (κ1) is 27.2. The molecule has 0 aromatic rings. The Morgan fingerprint density at radius 3 is 2.26 bits per heavy atom. The number of likely N-dealkylation sites (N-methyl/N-ethyl adjacent to an activating group) is 1. The minimum absolute atomic E-state index is 0.0908. The molecule has 0 aromatic carbocycles. The van der Waals surface area contributed by atoms with E-state index in [9.17, 15) is 22.8 Å². The van der Waals surface area contributed by atoms with Crippen LogP contribution in [0.25, 0.3) is 0 Å². The molecule has 1 fully saturated rings. The van der Waals surface area contributed by atoms with Crippen LogP contribution in [0.15, 0.2) is 0 Å². The highest BCUT2D eigenvalue weighted by atomic mass is 32.2. The lowest BCUT2D eigenvalue weighted by Gasteiger charge is -2.35.